The lowest BCUT2D eigenvalue weighted by Crippen LogP contribution is -2.20. The summed E-state index contributed by atoms with van der Waals surface area (Å²) in [5, 5.41) is 18.6. The van der Waals surface area contributed by atoms with Gasteiger partial charge in [-0.2, -0.15) is 0 Å². The molecule has 0 unspecified atom stereocenters. The molecule has 0 aromatic heterocycles. The molecule has 82 valence electrons. The van der Waals surface area contributed by atoms with Gasteiger partial charge in [-0.25, -0.2) is 0 Å². The maximum absolute atomic E-state index is 10.7. The lowest BCUT2D eigenvalue weighted by Gasteiger charge is -2.12. The number of halogens is 3. The molecule has 0 saturated carbocycles. The van der Waals surface area contributed by atoms with Gasteiger partial charge < -0.3 is 15.9 Å². The first-order valence-electron chi connectivity index (χ1n) is 3.71. The van der Waals surface area contributed by atoms with Crippen LogP contribution in [-0.4, -0.2) is 16.2 Å². The Hall–Kier alpha value is -0.300. The monoisotopic (exact) mass is 357 g/mol. The van der Waals surface area contributed by atoms with Gasteiger partial charge >= 0.3 is 5.97 Å². The molecule has 0 spiro atoms. The second kappa shape index (κ2) is 4.69. The van der Waals surface area contributed by atoms with E-state index in [1.807, 2.05) is 0 Å². The number of hydrogen-bond acceptors (Lipinski definition) is 3. The lowest BCUT2D eigenvalue weighted by atomic mass is 10.1. The highest BCUT2D eigenvalue weighted by atomic mass is 79.9. The Bertz CT molecular complexity index is 425. The summed E-state index contributed by atoms with van der Waals surface area (Å²) in [5.74, 6) is -1.50. The summed E-state index contributed by atoms with van der Waals surface area (Å²) in [6.07, 6.45) is 0. The number of nitrogens with two attached hydrogens (primary N) is 1. The molecule has 0 aliphatic rings. The van der Waals surface area contributed by atoms with E-state index in [0.29, 0.717) is 4.47 Å². The van der Waals surface area contributed by atoms with Crippen molar-refractivity contribution in [2.24, 2.45) is 5.73 Å². The van der Waals surface area contributed by atoms with Gasteiger partial charge in [-0.1, -0.05) is 11.6 Å². The fourth-order valence-corrected chi connectivity index (χ4v) is 2.27. The van der Waals surface area contributed by atoms with E-state index in [4.69, 9.17) is 22.4 Å². The van der Waals surface area contributed by atoms with E-state index in [9.17, 15) is 9.90 Å². The van der Waals surface area contributed by atoms with Crippen LogP contribution in [0.2, 0.25) is 5.02 Å². The second-order valence-electron chi connectivity index (χ2n) is 2.74. The van der Waals surface area contributed by atoms with Gasteiger partial charge in [0.05, 0.1) is 9.50 Å². The number of benzene rings is 1. The molecular formula is C8H6Br2ClNO3. The van der Waals surface area contributed by atoms with Crippen molar-refractivity contribution in [3.8, 4) is 5.75 Å². The van der Waals surface area contributed by atoms with E-state index in [0.717, 1.165) is 0 Å². The number of carboxylic acid groups (broad SMARTS) is 1. The van der Waals surface area contributed by atoms with Gasteiger partial charge in [0.2, 0.25) is 0 Å². The first kappa shape index (κ1) is 12.8. The molecule has 7 heteroatoms. The molecule has 1 rings (SSSR count). The summed E-state index contributed by atoms with van der Waals surface area (Å²) in [7, 11) is 0. The summed E-state index contributed by atoms with van der Waals surface area (Å²) in [4.78, 5) is 10.7. The highest BCUT2D eigenvalue weighted by molar-refractivity contribution is 9.11. The molecule has 0 saturated heterocycles. The summed E-state index contributed by atoms with van der Waals surface area (Å²) in [6, 6.07) is 0.0798. The summed E-state index contributed by atoms with van der Waals surface area (Å²) < 4.78 is 0.672. The summed E-state index contributed by atoms with van der Waals surface area (Å²) in [6.45, 7) is 0. The predicted octanol–water partition coefficient (Wildman–Crippen LogP) is 2.65. The number of aromatic hydroxyl groups is 1. The van der Waals surface area contributed by atoms with E-state index in [1.54, 1.807) is 0 Å². The lowest BCUT2D eigenvalue weighted by molar-refractivity contribution is -0.138. The molecule has 0 fully saturated rings. The van der Waals surface area contributed by atoms with Crippen molar-refractivity contribution >= 4 is 49.4 Å². The molecule has 0 amide bonds. The molecule has 0 aliphatic heterocycles. The van der Waals surface area contributed by atoms with Crippen LogP contribution in [0.5, 0.6) is 5.75 Å². The summed E-state index contributed by atoms with van der Waals surface area (Å²) >= 11 is 12.0. The van der Waals surface area contributed by atoms with Crippen molar-refractivity contribution in [1.29, 1.82) is 0 Å². The Morgan fingerprint density at radius 1 is 1.53 bits per heavy atom. The Morgan fingerprint density at radius 2 is 2.07 bits per heavy atom. The zero-order valence-corrected chi connectivity index (χ0v) is 11.1. The van der Waals surface area contributed by atoms with Crippen LogP contribution in [0.15, 0.2) is 15.0 Å². The smallest absolute Gasteiger partial charge is 0.325 e. The Kier molecular flexibility index (Phi) is 3.99. The average molecular weight is 359 g/mol. The molecule has 15 heavy (non-hydrogen) atoms. The number of phenolic OH excluding ortho intramolecular Hbond substituents is 1. The predicted molar refractivity (Wildman–Crippen MR) is 63.1 cm³/mol. The first-order chi connectivity index (χ1) is 6.86. The number of phenols is 1. The molecule has 1 aromatic rings. The molecule has 0 aliphatic carbocycles. The van der Waals surface area contributed by atoms with E-state index in [2.05, 4.69) is 31.9 Å². The minimum atomic E-state index is -1.30. The topological polar surface area (TPSA) is 83.6 Å². The van der Waals surface area contributed by atoms with Crippen molar-refractivity contribution in [2.75, 3.05) is 0 Å². The van der Waals surface area contributed by atoms with Gasteiger partial charge in [-0.05, 0) is 37.9 Å². The number of carboxylic acids is 1. The largest absolute Gasteiger partial charge is 0.506 e. The van der Waals surface area contributed by atoms with Crippen molar-refractivity contribution < 1.29 is 15.0 Å². The van der Waals surface area contributed by atoms with E-state index in [-0.39, 0.29) is 20.8 Å². The number of rotatable bonds is 2. The summed E-state index contributed by atoms with van der Waals surface area (Å²) in [5.41, 5.74) is 5.47. The van der Waals surface area contributed by atoms with Gasteiger partial charge in [-0.15, -0.1) is 0 Å². The van der Waals surface area contributed by atoms with Crippen LogP contribution in [0.3, 0.4) is 0 Å². The van der Waals surface area contributed by atoms with Crippen LogP contribution < -0.4 is 5.73 Å². The molecule has 0 heterocycles. The quantitative estimate of drug-likeness (QED) is 0.709. The molecular weight excluding hydrogens is 353 g/mol. The van der Waals surface area contributed by atoms with Gasteiger partial charge in [0.15, 0.2) is 0 Å². The van der Waals surface area contributed by atoms with Crippen LogP contribution in [0.4, 0.5) is 0 Å². The number of aliphatic carboxylic acids is 1. The SMILES string of the molecule is N[C@H](C(=O)O)c1cc(Br)c(Cl)c(Br)c1O. The maximum atomic E-state index is 10.7. The van der Waals surface area contributed by atoms with Crippen LogP contribution in [0, 0.1) is 0 Å². The minimum absolute atomic E-state index is 0.0886. The van der Waals surface area contributed by atoms with Crippen LogP contribution in [-0.2, 0) is 4.79 Å². The third-order valence-electron chi connectivity index (χ3n) is 1.77. The average Bonchev–Trinajstić information content (AvgIpc) is 2.19. The van der Waals surface area contributed by atoms with Crippen molar-refractivity contribution in [3.63, 3.8) is 0 Å². The molecule has 0 bridgehead atoms. The zero-order chi connectivity index (χ0) is 11.7. The molecule has 0 radical (unpaired) electrons. The van der Waals surface area contributed by atoms with Crippen LogP contribution in [0.1, 0.15) is 11.6 Å². The van der Waals surface area contributed by atoms with Crippen LogP contribution >= 0.6 is 43.5 Å². The van der Waals surface area contributed by atoms with Gasteiger partial charge in [-0.3, -0.25) is 4.79 Å². The minimum Gasteiger partial charge on any atom is -0.506 e. The highest BCUT2D eigenvalue weighted by Crippen LogP contribution is 2.41. The van der Waals surface area contributed by atoms with Crippen molar-refractivity contribution in [3.05, 3.63) is 25.6 Å². The number of carbonyl (C=O) groups is 1. The first-order valence-corrected chi connectivity index (χ1v) is 5.67. The Labute approximate surface area is 107 Å². The Balaban J connectivity index is 3.38. The van der Waals surface area contributed by atoms with Gasteiger partial charge in [0.1, 0.15) is 11.8 Å². The maximum Gasteiger partial charge on any atom is 0.325 e. The highest BCUT2D eigenvalue weighted by Gasteiger charge is 2.22. The molecule has 1 aromatic carbocycles. The molecule has 4 N–H and O–H groups in total. The molecule has 1 atom stereocenters. The fraction of sp³-hybridized carbons (Fsp3) is 0.125. The van der Waals surface area contributed by atoms with E-state index < -0.39 is 12.0 Å². The normalized spacial score (nSPS) is 12.5. The number of hydrogen-bond donors (Lipinski definition) is 3. The Morgan fingerprint density at radius 3 is 2.53 bits per heavy atom. The van der Waals surface area contributed by atoms with E-state index >= 15 is 0 Å². The van der Waals surface area contributed by atoms with Crippen LogP contribution in [0.25, 0.3) is 0 Å². The van der Waals surface area contributed by atoms with Crippen molar-refractivity contribution in [1.82, 2.24) is 0 Å². The van der Waals surface area contributed by atoms with Gasteiger partial charge in [0, 0.05) is 10.0 Å². The third-order valence-corrected chi connectivity index (χ3v) is 4.01. The van der Waals surface area contributed by atoms with Crippen molar-refractivity contribution in [2.45, 2.75) is 6.04 Å². The van der Waals surface area contributed by atoms with Gasteiger partial charge in [0.25, 0.3) is 0 Å². The third kappa shape index (κ3) is 2.44. The fourth-order valence-electron chi connectivity index (χ4n) is 0.974. The second-order valence-corrected chi connectivity index (χ2v) is 4.77. The molecule has 4 nitrogen and oxygen atoms in total. The van der Waals surface area contributed by atoms with E-state index in [1.165, 1.54) is 6.07 Å². The zero-order valence-electron chi connectivity index (χ0n) is 7.17. The standard InChI is InChI=1S/C8H6Br2ClNO3/c9-3-1-2(6(12)8(14)15)7(13)4(10)5(3)11/h1,6,13H,12H2,(H,14,15)/t6-/m0/s1.